The minimum absolute atomic E-state index is 0.000236. The van der Waals surface area contributed by atoms with Crippen LogP contribution in [0.4, 0.5) is 5.00 Å². The number of benzene rings is 1. The van der Waals surface area contributed by atoms with Gasteiger partial charge in [-0.15, -0.1) is 11.3 Å². The minimum Gasteiger partial charge on any atom is -0.462 e. The maximum atomic E-state index is 12.9. The number of aryl methyl sites for hydroxylation is 1. The molecule has 0 radical (unpaired) electrons. The highest BCUT2D eigenvalue weighted by atomic mass is 32.2. The number of hydrogen-bond donors (Lipinski definition) is 1. The van der Waals surface area contributed by atoms with Crippen molar-refractivity contribution in [3.05, 3.63) is 51.9 Å². The van der Waals surface area contributed by atoms with Crippen LogP contribution in [0.2, 0.25) is 0 Å². The number of thiophene rings is 1. The molecule has 9 heteroatoms. The minimum atomic E-state index is -0.563. The second kappa shape index (κ2) is 10.1. The number of thioether (sulfide) groups is 1. The zero-order valence-electron chi connectivity index (χ0n) is 17.7. The quantitative estimate of drug-likeness (QED) is 0.455. The zero-order valence-corrected chi connectivity index (χ0v) is 20.2. The van der Waals surface area contributed by atoms with Gasteiger partial charge in [-0.1, -0.05) is 54.3 Å². The highest BCUT2D eigenvalue weighted by Gasteiger charge is 2.38. The molecule has 1 fully saturated rings. The number of carbonyl (C=O) groups excluding carboxylic acids is 3. The molecule has 1 saturated heterocycles. The fourth-order valence-electron chi connectivity index (χ4n) is 3.96. The van der Waals surface area contributed by atoms with Gasteiger partial charge in [0.25, 0.3) is 0 Å². The van der Waals surface area contributed by atoms with Gasteiger partial charge in [0.1, 0.15) is 9.32 Å². The van der Waals surface area contributed by atoms with Crippen LogP contribution in [0.5, 0.6) is 0 Å². The van der Waals surface area contributed by atoms with Crippen molar-refractivity contribution in [1.29, 1.82) is 0 Å². The Morgan fingerprint density at radius 2 is 1.97 bits per heavy atom. The van der Waals surface area contributed by atoms with E-state index in [1.54, 1.807) is 11.8 Å². The number of nitrogens with zero attached hydrogens (tertiary/aromatic N) is 1. The molecule has 4 rings (SSSR count). The summed E-state index contributed by atoms with van der Waals surface area (Å²) in [6.07, 6.45) is 3.81. The van der Waals surface area contributed by atoms with Crippen LogP contribution in [-0.2, 0) is 33.7 Å². The molecule has 1 atom stereocenters. The number of esters is 1. The molecule has 2 heterocycles. The molecule has 6 nitrogen and oxygen atoms in total. The van der Waals surface area contributed by atoms with E-state index in [9.17, 15) is 14.4 Å². The molecule has 1 aliphatic carbocycles. The summed E-state index contributed by atoms with van der Waals surface area (Å²) in [5.74, 6) is -0.858. The number of ether oxygens (including phenoxy) is 1. The van der Waals surface area contributed by atoms with Crippen molar-refractivity contribution in [3.63, 3.8) is 0 Å². The maximum Gasteiger partial charge on any atom is 0.341 e. The smallest absolute Gasteiger partial charge is 0.341 e. The van der Waals surface area contributed by atoms with Crippen LogP contribution in [0.15, 0.2) is 30.3 Å². The molecule has 1 aromatic heterocycles. The fraction of sp³-hybridized carbons (Fsp3) is 0.391. The van der Waals surface area contributed by atoms with Crippen LogP contribution in [0.25, 0.3) is 0 Å². The van der Waals surface area contributed by atoms with E-state index in [-0.39, 0.29) is 24.8 Å². The molecule has 0 unspecified atom stereocenters. The predicted octanol–water partition coefficient (Wildman–Crippen LogP) is 4.56. The monoisotopic (exact) mass is 488 g/mol. The molecule has 32 heavy (non-hydrogen) atoms. The maximum absolute atomic E-state index is 12.9. The Morgan fingerprint density at radius 1 is 1.22 bits per heavy atom. The summed E-state index contributed by atoms with van der Waals surface area (Å²) >= 11 is 8.09. The van der Waals surface area contributed by atoms with Gasteiger partial charge in [-0.05, 0) is 43.7 Å². The molecule has 2 aliphatic rings. The summed E-state index contributed by atoms with van der Waals surface area (Å²) in [5, 5.41) is 2.85. The molecule has 0 spiro atoms. The summed E-state index contributed by atoms with van der Waals surface area (Å²) in [6.45, 7) is 2.44. The molecule has 168 valence electrons. The molecule has 1 aliphatic heterocycles. The van der Waals surface area contributed by atoms with Gasteiger partial charge in [0.05, 0.1) is 24.0 Å². The van der Waals surface area contributed by atoms with Gasteiger partial charge in [-0.25, -0.2) is 4.79 Å². The standard InChI is InChI=1S/C23H24N2O4S3/c1-2-29-22(28)19-15-10-6-7-11-16(15)31-20(19)24-18(26)12-17-21(27)25(23(30)32-17)13-14-8-4-3-5-9-14/h3-5,8-9,17H,2,6-7,10-13H2,1H3,(H,24,26)/t17-/m0/s1. The van der Waals surface area contributed by atoms with E-state index in [0.29, 0.717) is 21.4 Å². The van der Waals surface area contributed by atoms with Gasteiger partial charge in [-0.2, -0.15) is 0 Å². The van der Waals surface area contributed by atoms with Gasteiger partial charge in [0.2, 0.25) is 11.8 Å². The summed E-state index contributed by atoms with van der Waals surface area (Å²) < 4.78 is 5.73. The van der Waals surface area contributed by atoms with Crippen LogP contribution >= 0.6 is 35.3 Å². The number of hydrogen-bond acceptors (Lipinski definition) is 7. The molecule has 0 bridgehead atoms. The number of thiocarbonyl (C=S) groups is 1. The molecule has 1 aromatic carbocycles. The predicted molar refractivity (Wildman–Crippen MR) is 131 cm³/mol. The molecular weight excluding hydrogens is 464 g/mol. The third-order valence-electron chi connectivity index (χ3n) is 5.46. The molecule has 1 N–H and O–H groups in total. The number of rotatable bonds is 7. The number of nitrogens with one attached hydrogen (secondary N) is 1. The van der Waals surface area contributed by atoms with Crippen molar-refractivity contribution >= 4 is 62.4 Å². The molecule has 2 aromatic rings. The lowest BCUT2D eigenvalue weighted by molar-refractivity contribution is -0.128. The van der Waals surface area contributed by atoms with Crippen molar-refractivity contribution in [2.75, 3.05) is 11.9 Å². The van der Waals surface area contributed by atoms with E-state index >= 15 is 0 Å². The topological polar surface area (TPSA) is 75.7 Å². The van der Waals surface area contributed by atoms with Crippen LogP contribution in [-0.4, -0.2) is 38.9 Å². The van der Waals surface area contributed by atoms with Crippen LogP contribution in [0.3, 0.4) is 0 Å². The highest BCUT2D eigenvalue weighted by Crippen LogP contribution is 2.39. The fourth-order valence-corrected chi connectivity index (χ4v) is 6.74. The van der Waals surface area contributed by atoms with E-state index in [1.165, 1.54) is 23.1 Å². The summed E-state index contributed by atoms with van der Waals surface area (Å²) in [7, 11) is 0. The van der Waals surface area contributed by atoms with Gasteiger partial charge >= 0.3 is 5.97 Å². The summed E-state index contributed by atoms with van der Waals surface area (Å²) in [4.78, 5) is 41.0. The van der Waals surface area contributed by atoms with E-state index in [1.807, 2.05) is 30.3 Å². The van der Waals surface area contributed by atoms with Crippen molar-refractivity contribution in [1.82, 2.24) is 4.90 Å². The first kappa shape index (κ1) is 22.9. The van der Waals surface area contributed by atoms with Gasteiger partial charge in [0.15, 0.2) is 0 Å². The number of carbonyl (C=O) groups is 3. The second-order valence-corrected chi connectivity index (χ2v) is 10.6. The van der Waals surface area contributed by atoms with Crippen molar-refractivity contribution < 1.29 is 19.1 Å². The molecule has 0 saturated carbocycles. The van der Waals surface area contributed by atoms with Gasteiger partial charge in [-0.3, -0.25) is 14.5 Å². The van der Waals surface area contributed by atoms with Gasteiger partial charge < -0.3 is 10.1 Å². The SMILES string of the molecule is CCOC(=O)c1c(NC(=O)C[C@@H]2SC(=S)N(Cc3ccccc3)C2=O)sc2c1CCCC2. The van der Waals surface area contributed by atoms with Crippen molar-refractivity contribution in [2.45, 2.75) is 50.8 Å². The first-order chi connectivity index (χ1) is 15.5. The average Bonchev–Trinajstić information content (AvgIpc) is 3.26. The Hall–Kier alpha value is -2.23. The second-order valence-electron chi connectivity index (χ2n) is 7.67. The van der Waals surface area contributed by atoms with Crippen LogP contribution in [0.1, 0.15) is 52.5 Å². The lowest BCUT2D eigenvalue weighted by Crippen LogP contribution is -2.32. The normalized spacial score (nSPS) is 17.9. The molecular formula is C23H24N2O4S3. The lowest BCUT2D eigenvalue weighted by atomic mass is 9.95. The summed E-state index contributed by atoms with van der Waals surface area (Å²) in [6, 6.07) is 9.63. The third kappa shape index (κ3) is 4.89. The summed E-state index contributed by atoms with van der Waals surface area (Å²) in [5.41, 5.74) is 2.46. The first-order valence-corrected chi connectivity index (χ1v) is 12.8. The zero-order chi connectivity index (χ0) is 22.7. The van der Waals surface area contributed by atoms with Crippen molar-refractivity contribution in [2.24, 2.45) is 0 Å². The molecule has 2 amide bonds. The number of anilines is 1. The Morgan fingerprint density at radius 3 is 2.72 bits per heavy atom. The van der Waals surface area contributed by atoms with E-state index in [0.717, 1.165) is 41.7 Å². The Labute approximate surface area is 200 Å². The highest BCUT2D eigenvalue weighted by molar-refractivity contribution is 8.24. The Bertz CT molecular complexity index is 1050. The van der Waals surface area contributed by atoms with E-state index in [4.69, 9.17) is 17.0 Å². The van der Waals surface area contributed by atoms with E-state index in [2.05, 4.69) is 5.32 Å². The number of fused-ring (bicyclic) bond motifs is 1. The lowest BCUT2D eigenvalue weighted by Gasteiger charge is -2.15. The van der Waals surface area contributed by atoms with E-state index < -0.39 is 11.2 Å². The largest absolute Gasteiger partial charge is 0.462 e. The first-order valence-electron chi connectivity index (χ1n) is 10.6. The van der Waals surface area contributed by atoms with Crippen LogP contribution in [0, 0.1) is 0 Å². The Kier molecular flexibility index (Phi) is 7.27. The van der Waals surface area contributed by atoms with Crippen LogP contribution < -0.4 is 5.32 Å². The average molecular weight is 489 g/mol. The third-order valence-corrected chi connectivity index (χ3v) is 8.25. The van der Waals surface area contributed by atoms with Gasteiger partial charge in [0, 0.05) is 11.3 Å². The number of amides is 2. The Balaban J connectivity index is 1.45. The van der Waals surface area contributed by atoms with Crippen molar-refractivity contribution in [3.8, 4) is 0 Å².